The van der Waals surface area contributed by atoms with Gasteiger partial charge in [0, 0.05) is 18.5 Å². The molecule has 2 aromatic rings. The van der Waals surface area contributed by atoms with Gasteiger partial charge in [-0.2, -0.15) is 0 Å². The van der Waals surface area contributed by atoms with Gasteiger partial charge in [0.05, 0.1) is 26.9 Å². The van der Waals surface area contributed by atoms with Gasteiger partial charge in [-0.3, -0.25) is 4.99 Å². The van der Waals surface area contributed by atoms with Crippen LogP contribution in [0.2, 0.25) is 0 Å². The fourth-order valence-corrected chi connectivity index (χ4v) is 3.42. The number of hydrogen-bond donors (Lipinski definition) is 3. The van der Waals surface area contributed by atoms with E-state index in [2.05, 4.69) is 34.9 Å². The smallest absolute Gasteiger partial charge is 0.191 e. The summed E-state index contributed by atoms with van der Waals surface area (Å²) in [5, 5.41) is 17.1. The Morgan fingerprint density at radius 1 is 1.07 bits per heavy atom. The van der Waals surface area contributed by atoms with Crippen LogP contribution in [0.3, 0.4) is 0 Å². The molecule has 0 aromatic heterocycles. The second-order valence-electron chi connectivity index (χ2n) is 7.35. The van der Waals surface area contributed by atoms with E-state index < -0.39 is 6.10 Å². The van der Waals surface area contributed by atoms with Gasteiger partial charge < -0.3 is 25.2 Å². The first-order valence-corrected chi connectivity index (χ1v) is 10.1. The van der Waals surface area contributed by atoms with Gasteiger partial charge in [0.2, 0.25) is 0 Å². The molecule has 1 aliphatic carbocycles. The zero-order chi connectivity index (χ0) is 20.7. The zero-order valence-corrected chi connectivity index (χ0v) is 20.2. The van der Waals surface area contributed by atoms with E-state index in [9.17, 15) is 5.11 Å². The summed E-state index contributed by atoms with van der Waals surface area (Å²) < 4.78 is 10.6. The highest BCUT2D eigenvalue weighted by Gasteiger charge is 2.43. The highest BCUT2D eigenvalue weighted by Crippen LogP contribution is 2.48. The van der Waals surface area contributed by atoms with E-state index >= 15 is 0 Å². The Labute approximate surface area is 196 Å². The van der Waals surface area contributed by atoms with E-state index in [1.165, 1.54) is 5.56 Å². The van der Waals surface area contributed by atoms with Crippen molar-refractivity contribution in [2.45, 2.75) is 31.3 Å². The fourth-order valence-electron chi connectivity index (χ4n) is 3.42. The lowest BCUT2D eigenvalue weighted by Crippen LogP contribution is -2.40. The third-order valence-corrected chi connectivity index (χ3v) is 5.38. The van der Waals surface area contributed by atoms with Crippen molar-refractivity contribution in [3.05, 3.63) is 59.7 Å². The van der Waals surface area contributed by atoms with Gasteiger partial charge in [-0.15, -0.1) is 24.0 Å². The third kappa shape index (κ3) is 6.01. The molecule has 30 heavy (non-hydrogen) atoms. The van der Waals surface area contributed by atoms with E-state index in [0.29, 0.717) is 24.0 Å². The molecule has 0 aliphatic heterocycles. The first-order chi connectivity index (χ1) is 14.1. The molecule has 1 unspecified atom stereocenters. The van der Waals surface area contributed by atoms with Gasteiger partial charge in [0.1, 0.15) is 0 Å². The van der Waals surface area contributed by atoms with Gasteiger partial charge in [0.15, 0.2) is 17.5 Å². The number of aliphatic hydroxyl groups excluding tert-OH is 1. The number of ether oxygens (including phenoxy) is 2. The molecular formula is C23H32IN3O3. The maximum absolute atomic E-state index is 10.6. The second-order valence-corrected chi connectivity index (χ2v) is 7.35. The molecule has 164 valence electrons. The Morgan fingerprint density at radius 2 is 1.77 bits per heavy atom. The summed E-state index contributed by atoms with van der Waals surface area (Å²) in [6.07, 6.45) is 1.63. The number of guanidine groups is 1. The zero-order valence-electron chi connectivity index (χ0n) is 17.9. The van der Waals surface area contributed by atoms with Crippen LogP contribution in [0.1, 0.15) is 37.0 Å². The van der Waals surface area contributed by atoms with E-state index in [4.69, 9.17) is 14.5 Å². The van der Waals surface area contributed by atoms with Gasteiger partial charge >= 0.3 is 0 Å². The van der Waals surface area contributed by atoms with Crippen LogP contribution in [-0.2, 0) is 5.41 Å². The highest BCUT2D eigenvalue weighted by atomic mass is 127. The van der Waals surface area contributed by atoms with Crippen LogP contribution in [0.4, 0.5) is 0 Å². The standard InChI is InChI=1S/C23H31N3O3.HI/c1-4-24-22(26-16-23(12-13-23)18-8-6-5-7-9-18)25-15-19(27)17-10-11-20(28-2)21(14-17)29-3;/h5-11,14,19,27H,4,12-13,15-16H2,1-3H3,(H2,24,25,26);1H. The topological polar surface area (TPSA) is 75.1 Å². The van der Waals surface area contributed by atoms with Crippen molar-refractivity contribution >= 4 is 29.9 Å². The number of benzene rings is 2. The summed E-state index contributed by atoms with van der Waals surface area (Å²) in [5.74, 6) is 1.96. The molecule has 3 N–H and O–H groups in total. The van der Waals surface area contributed by atoms with E-state index in [0.717, 1.165) is 31.5 Å². The van der Waals surface area contributed by atoms with Crippen molar-refractivity contribution in [2.24, 2.45) is 4.99 Å². The quantitative estimate of drug-likeness (QED) is 0.265. The summed E-state index contributed by atoms with van der Waals surface area (Å²) in [4.78, 5) is 4.79. The van der Waals surface area contributed by atoms with Crippen molar-refractivity contribution in [1.29, 1.82) is 0 Å². The highest BCUT2D eigenvalue weighted by molar-refractivity contribution is 14.0. The normalized spacial score (nSPS) is 15.5. The van der Waals surface area contributed by atoms with Gasteiger partial charge in [-0.05, 0) is 43.0 Å². The van der Waals surface area contributed by atoms with Gasteiger partial charge in [0.25, 0.3) is 0 Å². The van der Waals surface area contributed by atoms with Crippen LogP contribution in [0.15, 0.2) is 53.5 Å². The summed E-state index contributed by atoms with van der Waals surface area (Å²) in [7, 11) is 3.18. The number of rotatable bonds is 9. The van der Waals surface area contributed by atoms with Crippen molar-refractivity contribution in [3.63, 3.8) is 0 Å². The summed E-state index contributed by atoms with van der Waals surface area (Å²) in [5.41, 5.74) is 2.27. The average Bonchev–Trinajstić information content (AvgIpc) is 3.56. The number of aliphatic imine (C=N–C) groups is 1. The minimum absolute atomic E-state index is 0. The van der Waals surface area contributed by atoms with Crippen LogP contribution in [0.25, 0.3) is 0 Å². The Morgan fingerprint density at radius 3 is 2.37 bits per heavy atom. The minimum atomic E-state index is -0.692. The molecule has 3 rings (SSSR count). The third-order valence-electron chi connectivity index (χ3n) is 5.38. The molecule has 7 heteroatoms. The minimum Gasteiger partial charge on any atom is -0.493 e. The van der Waals surface area contributed by atoms with Crippen molar-refractivity contribution in [1.82, 2.24) is 10.6 Å². The Balaban J connectivity index is 0.00000320. The SMILES string of the molecule is CCNC(=NCC1(c2ccccc2)CC1)NCC(O)c1ccc(OC)c(OC)c1.I. The number of nitrogens with one attached hydrogen (secondary N) is 2. The number of nitrogens with zero attached hydrogens (tertiary/aromatic N) is 1. The molecule has 1 saturated carbocycles. The number of hydrogen-bond acceptors (Lipinski definition) is 4. The fraction of sp³-hybridized carbons (Fsp3) is 0.435. The van der Waals surface area contributed by atoms with Crippen molar-refractivity contribution < 1.29 is 14.6 Å². The molecule has 0 heterocycles. The first-order valence-electron chi connectivity index (χ1n) is 10.1. The maximum Gasteiger partial charge on any atom is 0.191 e. The molecule has 0 radical (unpaired) electrons. The Hall–Kier alpha value is -2.00. The Kier molecular flexibility index (Phi) is 9.23. The molecule has 0 spiro atoms. The van der Waals surface area contributed by atoms with E-state index in [-0.39, 0.29) is 29.4 Å². The number of methoxy groups -OCH3 is 2. The van der Waals surface area contributed by atoms with Crippen LogP contribution in [0, 0.1) is 0 Å². The molecule has 2 aromatic carbocycles. The lowest BCUT2D eigenvalue weighted by Gasteiger charge is -2.18. The first kappa shape index (κ1) is 24.3. The maximum atomic E-state index is 10.6. The molecule has 0 amide bonds. The lowest BCUT2D eigenvalue weighted by molar-refractivity contribution is 0.180. The summed E-state index contributed by atoms with van der Waals surface area (Å²) in [6, 6.07) is 16.0. The molecule has 1 fully saturated rings. The number of halogens is 1. The van der Waals surface area contributed by atoms with Gasteiger partial charge in [-0.25, -0.2) is 0 Å². The monoisotopic (exact) mass is 525 g/mol. The van der Waals surface area contributed by atoms with Crippen LogP contribution in [-0.4, -0.2) is 44.9 Å². The predicted molar refractivity (Wildman–Crippen MR) is 131 cm³/mol. The molecule has 1 atom stereocenters. The lowest BCUT2D eigenvalue weighted by atomic mass is 9.96. The summed E-state index contributed by atoms with van der Waals surface area (Å²) >= 11 is 0. The number of aliphatic hydroxyl groups is 1. The van der Waals surface area contributed by atoms with Crippen molar-refractivity contribution in [3.8, 4) is 11.5 Å². The largest absolute Gasteiger partial charge is 0.493 e. The molecule has 0 bridgehead atoms. The molecule has 0 saturated heterocycles. The molecule has 6 nitrogen and oxygen atoms in total. The van der Waals surface area contributed by atoms with E-state index in [1.54, 1.807) is 26.4 Å². The molecular weight excluding hydrogens is 493 g/mol. The van der Waals surface area contributed by atoms with Crippen LogP contribution < -0.4 is 20.1 Å². The van der Waals surface area contributed by atoms with Crippen LogP contribution in [0.5, 0.6) is 11.5 Å². The predicted octanol–water partition coefficient (Wildman–Crippen LogP) is 3.64. The van der Waals surface area contributed by atoms with Crippen molar-refractivity contribution in [2.75, 3.05) is 33.9 Å². The van der Waals surface area contributed by atoms with Gasteiger partial charge in [-0.1, -0.05) is 36.4 Å². The van der Waals surface area contributed by atoms with Crippen LogP contribution >= 0.6 is 24.0 Å². The average molecular weight is 525 g/mol. The summed E-state index contributed by atoms with van der Waals surface area (Å²) in [6.45, 7) is 3.88. The second kappa shape index (κ2) is 11.4. The van der Waals surface area contributed by atoms with E-state index in [1.807, 2.05) is 19.1 Å². The Bertz CT molecular complexity index is 826. The molecule has 1 aliphatic rings.